The second kappa shape index (κ2) is 6.49. The normalized spacial score (nSPS) is 11.2. The Morgan fingerprint density at radius 1 is 1.08 bits per heavy atom. The van der Waals surface area contributed by atoms with Crippen LogP contribution in [0.3, 0.4) is 0 Å². The molecule has 0 aliphatic rings. The molecular weight excluding hydrogens is 323 g/mol. The Balaban J connectivity index is 2.27. The highest BCUT2D eigenvalue weighted by Gasteiger charge is 2.54. The number of aromatic nitrogens is 2. The standard InChI is InChI=1S/C15H13FN2O6/c16-11-4-2-1-3-10(11)8-18-7-9(6-17-18)5-15(12(19)20,13(21)22)14(23)24/h1-4,6-7H,5,8H2,(H,19,20)(H,21,22)(H,23,24). The molecule has 1 aromatic carbocycles. The van der Waals surface area contributed by atoms with Crippen molar-refractivity contribution in [2.45, 2.75) is 13.0 Å². The highest BCUT2D eigenvalue weighted by molar-refractivity contribution is 6.16. The highest BCUT2D eigenvalue weighted by Crippen LogP contribution is 2.25. The van der Waals surface area contributed by atoms with Crippen molar-refractivity contribution in [3.05, 3.63) is 53.6 Å². The van der Waals surface area contributed by atoms with Gasteiger partial charge in [0, 0.05) is 18.2 Å². The summed E-state index contributed by atoms with van der Waals surface area (Å²) in [6, 6.07) is 5.96. The van der Waals surface area contributed by atoms with E-state index in [9.17, 15) is 18.8 Å². The Labute approximate surface area is 134 Å². The quantitative estimate of drug-likeness (QED) is 0.639. The molecule has 0 fully saturated rings. The van der Waals surface area contributed by atoms with E-state index in [4.69, 9.17) is 15.3 Å². The molecule has 0 atom stereocenters. The number of aliphatic carboxylic acids is 3. The fourth-order valence-corrected chi connectivity index (χ4v) is 2.19. The smallest absolute Gasteiger partial charge is 0.333 e. The van der Waals surface area contributed by atoms with Crippen molar-refractivity contribution in [1.82, 2.24) is 9.78 Å². The lowest BCUT2D eigenvalue weighted by atomic mass is 9.82. The minimum Gasteiger partial charge on any atom is -0.480 e. The van der Waals surface area contributed by atoms with Crippen molar-refractivity contribution in [3.63, 3.8) is 0 Å². The molecule has 0 unspecified atom stereocenters. The Bertz CT molecular complexity index is 765. The summed E-state index contributed by atoms with van der Waals surface area (Å²) in [4.78, 5) is 33.6. The van der Waals surface area contributed by atoms with Crippen LogP contribution in [0, 0.1) is 11.2 Å². The number of carbonyl (C=O) groups is 3. The average Bonchev–Trinajstić information content (AvgIpc) is 2.93. The summed E-state index contributed by atoms with van der Waals surface area (Å²) >= 11 is 0. The van der Waals surface area contributed by atoms with E-state index in [0.29, 0.717) is 5.56 Å². The van der Waals surface area contributed by atoms with Gasteiger partial charge in [0.2, 0.25) is 0 Å². The summed E-state index contributed by atoms with van der Waals surface area (Å²) in [5.74, 6) is -6.40. The lowest BCUT2D eigenvalue weighted by Gasteiger charge is -2.18. The first kappa shape index (κ1) is 17.1. The van der Waals surface area contributed by atoms with Crippen LogP contribution in [0.2, 0.25) is 0 Å². The third kappa shape index (κ3) is 3.09. The van der Waals surface area contributed by atoms with Gasteiger partial charge >= 0.3 is 17.9 Å². The van der Waals surface area contributed by atoms with Gasteiger partial charge in [0.05, 0.1) is 12.7 Å². The summed E-state index contributed by atoms with van der Waals surface area (Å²) in [5.41, 5.74) is -2.59. The maximum Gasteiger partial charge on any atom is 0.333 e. The number of carboxylic acid groups (broad SMARTS) is 3. The lowest BCUT2D eigenvalue weighted by molar-refractivity contribution is -0.175. The van der Waals surface area contributed by atoms with Crippen molar-refractivity contribution < 1.29 is 34.1 Å². The van der Waals surface area contributed by atoms with Gasteiger partial charge in [-0.05, 0) is 11.6 Å². The molecule has 1 heterocycles. The maximum atomic E-state index is 13.6. The van der Waals surface area contributed by atoms with E-state index in [1.165, 1.54) is 29.1 Å². The number of rotatable bonds is 7. The Morgan fingerprint density at radius 2 is 1.67 bits per heavy atom. The molecule has 24 heavy (non-hydrogen) atoms. The SMILES string of the molecule is O=C(O)C(Cc1cnn(Cc2ccccc2F)c1)(C(=O)O)C(=O)O. The van der Waals surface area contributed by atoms with E-state index in [2.05, 4.69) is 5.10 Å². The predicted molar refractivity (Wildman–Crippen MR) is 76.8 cm³/mol. The van der Waals surface area contributed by atoms with Gasteiger partial charge in [-0.15, -0.1) is 0 Å². The zero-order valence-electron chi connectivity index (χ0n) is 12.2. The van der Waals surface area contributed by atoms with E-state index < -0.39 is 35.6 Å². The van der Waals surface area contributed by atoms with Crippen molar-refractivity contribution in [1.29, 1.82) is 0 Å². The van der Waals surface area contributed by atoms with Crippen molar-refractivity contribution in [2.24, 2.45) is 5.41 Å². The van der Waals surface area contributed by atoms with Gasteiger partial charge in [-0.25, -0.2) is 4.39 Å². The number of hydrogen-bond donors (Lipinski definition) is 3. The first-order valence-corrected chi connectivity index (χ1v) is 6.72. The zero-order valence-corrected chi connectivity index (χ0v) is 12.2. The van der Waals surface area contributed by atoms with E-state index in [1.54, 1.807) is 6.07 Å². The molecule has 0 amide bonds. The van der Waals surface area contributed by atoms with Crippen LogP contribution in [-0.2, 0) is 27.3 Å². The van der Waals surface area contributed by atoms with Gasteiger partial charge < -0.3 is 15.3 Å². The fraction of sp³-hybridized carbons (Fsp3) is 0.200. The third-order valence-corrected chi connectivity index (χ3v) is 3.54. The molecule has 126 valence electrons. The van der Waals surface area contributed by atoms with E-state index >= 15 is 0 Å². The molecule has 0 spiro atoms. The van der Waals surface area contributed by atoms with Crippen LogP contribution in [0.5, 0.6) is 0 Å². The molecule has 0 aliphatic heterocycles. The molecule has 1 aromatic heterocycles. The number of hydrogen-bond acceptors (Lipinski definition) is 4. The predicted octanol–water partition coefficient (Wildman–Crippen LogP) is 0.853. The van der Waals surface area contributed by atoms with Crippen LogP contribution >= 0.6 is 0 Å². The van der Waals surface area contributed by atoms with Crippen LogP contribution in [0.15, 0.2) is 36.7 Å². The number of nitrogens with zero attached hydrogens (tertiary/aromatic N) is 2. The molecule has 0 bridgehead atoms. The topological polar surface area (TPSA) is 130 Å². The first-order valence-electron chi connectivity index (χ1n) is 6.72. The number of carboxylic acids is 3. The second-order valence-corrected chi connectivity index (χ2v) is 5.14. The molecule has 9 heteroatoms. The largest absolute Gasteiger partial charge is 0.480 e. The number of benzene rings is 1. The molecule has 2 rings (SSSR count). The summed E-state index contributed by atoms with van der Waals surface area (Å²) in [6.07, 6.45) is 1.66. The molecular formula is C15H13FN2O6. The van der Waals surface area contributed by atoms with Gasteiger partial charge in [-0.2, -0.15) is 5.10 Å². The van der Waals surface area contributed by atoms with E-state index in [-0.39, 0.29) is 12.1 Å². The molecule has 0 radical (unpaired) electrons. The van der Waals surface area contributed by atoms with Crippen LogP contribution in [-0.4, -0.2) is 43.0 Å². The highest BCUT2D eigenvalue weighted by atomic mass is 19.1. The van der Waals surface area contributed by atoms with Crippen LogP contribution < -0.4 is 0 Å². The molecule has 0 aliphatic carbocycles. The van der Waals surface area contributed by atoms with E-state index in [1.807, 2.05) is 0 Å². The first-order chi connectivity index (χ1) is 11.3. The Hall–Kier alpha value is -3.23. The summed E-state index contributed by atoms with van der Waals surface area (Å²) in [7, 11) is 0. The van der Waals surface area contributed by atoms with Crippen LogP contribution in [0.25, 0.3) is 0 Å². The van der Waals surface area contributed by atoms with E-state index in [0.717, 1.165) is 6.20 Å². The summed E-state index contributed by atoms with van der Waals surface area (Å²) in [6.45, 7) is 0.0346. The maximum absolute atomic E-state index is 13.6. The zero-order chi connectivity index (χ0) is 17.9. The fourth-order valence-electron chi connectivity index (χ4n) is 2.19. The van der Waals surface area contributed by atoms with Gasteiger partial charge in [0.25, 0.3) is 5.41 Å². The molecule has 0 saturated carbocycles. The van der Waals surface area contributed by atoms with Crippen molar-refractivity contribution >= 4 is 17.9 Å². The monoisotopic (exact) mass is 336 g/mol. The molecule has 2 aromatic rings. The van der Waals surface area contributed by atoms with Gasteiger partial charge in [-0.3, -0.25) is 19.1 Å². The molecule has 3 N–H and O–H groups in total. The Morgan fingerprint density at radius 3 is 2.21 bits per heavy atom. The number of halogens is 1. The minimum atomic E-state index is -3.01. The molecule has 0 saturated heterocycles. The summed E-state index contributed by atoms with van der Waals surface area (Å²) in [5, 5.41) is 31.1. The van der Waals surface area contributed by atoms with Gasteiger partial charge in [0.15, 0.2) is 0 Å². The molecule has 8 nitrogen and oxygen atoms in total. The van der Waals surface area contributed by atoms with Crippen LogP contribution in [0.1, 0.15) is 11.1 Å². The van der Waals surface area contributed by atoms with Crippen LogP contribution in [0.4, 0.5) is 4.39 Å². The summed E-state index contributed by atoms with van der Waals surface area (Å²) < 4.78 is 14.9. The third-order valence-electron chi connectivity index (χ3n) is 3.54. The lowest BCUT2D eigenvalue weighted by Crippen LogP contribution is -2.48. The minimum absolute atomic E-state index is 0.0346. The Kier molecular flexibility index (Phi) is 4.63. The second-order valence-electron chi connectivity index (χ2n) is 5.14. The van der Waals surface area contributed by atoms with Gasteiger partial charge in [0.1, 0.15) is 5.82 Å². The van der Waals surface area contributed by atoms with Gasteiger partial charge in [-0.1, -0.05) is 18.2 Å². The van der Waals surface area contributed by atoms with Crippen molar-refractivity contribution in [2.75, 3.05) is 0 Å². The average molecular weight is 336 g/mol. The van der Waals surface area contributed by atoms with Crippen molar-refractivity contribution in [3.8, 4) is 0 Å².